The van der Waals surface area contributed by atoms with Crippen molar-refractivity contribution in [2.75, 3.05) is 6.61 Å². The van der Waals surface area contributed by atoms with Gasteiger partial charge in [-0.3, -0.25) is 24.0 Å². The average Bonchev–Trinajstić information content (AvgIpc) is 3.03. The molecule has 0 aromatic rings. The van der Waals surface area contributed by atoms with Crippen LogP contribution in [0.4, 0.5) is 0 Å². The minimum Gasteiger partial charge on any atom is -0.462 e. The van der Waals surface area contributed by atoms with Gasteiger partial charge in [-0.1, -0.05) is 25.2 Å². The van der Waals surface area contributed by atoms with Gasteiger partial charge in [0, 0.05) is 33.6 Å². The lowest BCUT2D eigenvalue weighted by atomic mass is 9.55. The van der Waals surface area contributed by atoms with Gasteiger partial charge in [-0.05, 0) is 37.5 Å². The van der Waals surface area contributed by atoms with Gasteiger partial charge in [-0.25, -0.2) is 0 Å². The first-order chi connectivity index (χ1) is 18.1. The van der Waals surface area contributed by atoms with Crippen LogP contribution in [0, 0.1) is 17.3 Å². The third kappa shape index (κ3) is 5.78. The van der Waals surface area contributed by atoms with E-state index < -0.39 is 77.1 Å². The maximum absolute atomic E-state index is 12.9. The Hall–Kier alpha value is -3.47. The van der Waals surface area contributed by atoms with E-state index in [9.17, 15) is 29.1 Å². The largest absolute Gasteiger partial charge is 0.462 e. The number of aliphatic hydroxyl groups is 1. The fraction of sp³-hybridized carbons (Fsp3) is 0.607. The third-order valence-electron chi connectivity index (χ3n) is 7.84. The molecule has 1 saturated heterocycles. The summed E-state index contributed by atoms with van der Waals surface area (Å²) in [5.74, 6) is -5.40. The summed E-state index contributed by atoms with van der Waals surface area (Å²) in [5.41, 5.74) is -2.60. The van der Waals surface area contributed by atoms with E-state index in [0.29, 0.717) is 24.0 Å². The molecule has 39 heavy (non-hydrogen) atoms. The second-order valence-electron chi connectivity index (χ2n) is 10.5. The van der Waals surface area contributed by atoms with Gasteiger partial charge >= 0.3 is 29.8 Å². The predicted octanol–water partition coefficient (Wildman–Crippen LogP) is 2.11. The summed E-state index contributed by atoms with van der Waals surface area (Å²) in [7, 11) is 0. The van der Waals surface area contributed by atoms with Crippen LogP contribution in [0.5, 0.6) is 0 Å². The molecule has 3 aliphatic rings. The molecule has 3 rings (SSSR count). The maximum atomic E-state index is 12.9. The van der Waals surface area contributed by atoms with Gasteiger partial charge in [-0.2, -0.15) is 0 Å². The van der Waals surface area contributed by atoms with Gasteiger partial charge in [0.2, 0.25) is 0 Å². The number of fused-ring (bicyclic) bond motifs is 2. The number of ether oxygens (including phenoxy) is 5. The number of esters is 5. The molecule has 11 nitrogen and oxygen atoms in total. The molecule has 0 amide bonds. The Kier molecular flexibility index (Phi) is 8.74. The Morgan fingerprint density at radius 3 is 2.23 bits per heavy atom. The Balaban J connectivity index is 2.38. The van der Waals surface area contributed by atoms with E-state index in [1.807, 2.05) is 0 Å². The van der Waals surface area contributed by atoms with Gasteiger partial charge in [0.25, 0.3) is 0 Å². The highest BCUT2D eigenvalue weighted by atomic mass is 16.6. The van der Waals surface area contributed by atoms with Crippen molar-refractivity contribution in [2.24, 2.45) is 17.3 Å². The van der Waals surface area contributed by atoms with Gasteiger partial charge in [0.05, 0.1) is 11.3 Å². The van der Waals surface area contributed by atoms with E-state index in [1.165, 1.54) is 39.8 Å². The lowest BCUT2D eigenvalue weighted by Gasteiger charge is -2.54. The highest BCUT2D eigenvalue weighted by Crippen LogP contribution is 2.55. The van der Waals surface area contributed by atoms with Gasteiger partial charge < -0.3 is 28.8 Å². The predicted molar refractivity (Wildman–Crippen MR) is 134 cm³/mol. The van der Waals surface area contributed by atoms with Gasteiger partial charge in [0.1, 0.15) is 24.9 Å². The second kappa shape index (κ2) is 11.3. The Morgan fingerprint density at radius 1 is 1.05 bits per heavy atom. The summed E-state index contributed by atoms with van der Waals surface area (Å²) in [6, 6.07) is 0. The van der Waals surface area contributed by atoms with Crippen molar-refractivity contribution in [3.8, 4) is 0 Å². The van der Waals surface area contributed by atoms with Crippen molar-refractivity contribution < 1.29 is 52.8 Å². The average molecular weight is 549 g/mol. The lowest BCUT2D eigenvalue weighted by Crippen LogP contribution is -2.65. The number of hydrogen-bond acceptors (Lipinski definition) is 11. The molecule has 0 aromatic heterocycles. The van der Waals surface area contributed by atoms with Crippen molar-refractivity contribution >= 4 is 29.8 Å². The van der Waals surface area contributed by atoms with Crippen molar-refractivity contribution in [2.45, 2.75) is 84.4 Å². The van der Waals surface area contributed by atoms with Crippen LogP contribution in [0.3, 0.4) is 0 Å². The van der Waals surface area contributed by atoms with E-state index in [1.54, 1.807) is 13.0 Å². The van der Waals surface area contributed by atoms with Gasteiger partial charge in [-0.15, -0.1) is 0 Å². The quantitative estimate of drug-likeness (QED) is 0.305. The molecule has 8 atom stereocenters. The summed E-state index contributed by atoms with van der Waals surface area (Å²) in [6.45, 7) is 12.0. The summed E-state index contributed by atoms with van der Waals surface area (Å²) < 4.78 is 28.0. The highest BCUT2D eigenvalue weighted by molar-refractivity contribution is 5.78. The molecular weight excluding hydrogens is 512 g/mol. The molecular formula is C28H36O11. The molecule has 1 saturated carbocycles. The summed E-state index contributed by atoms with van der Waals surface area (Å²) in [5, 5.41) is 12.3. The molecule has 11 heteroatoms. The molecule has 0 bridgehead atoms. The molecule has 0 spiro atoms. The van der Waals surface area contributed by atoms with E-state index >= 15 is 0 Å². The van der Waals surface area contributed by atoms with Crippen LogP contribution >= 0.6 is 0 Å². The normalized spacial score (nSPS) is 38.1. The van der Waals surface area contributed by atoms with Crippen molar-refractivity contribution in [1.82, 2.24) is 0 Å². The zero-order valence-electron chi connectivity index (χ0n) is 23.1. The SMILES string of the molecule is C=C1CC[C@H](OC(C)=O)[C@]2(C)[C@@H](OC(C)=O)/C=C\C(COC(C)=O)=C/[C@@H]3OC(=O)[C@H](C)[C@@]3(O)[C@@H](OC(C)=O)[C@@H]12. The molecule has 1 heterocycles. The second-order valence-corrected chi connectivity index (χ2v) is 10.5. The Morgan fingerprint density at radius 2 is 1.67 bits per heavy atom. The minimum atomic E-state index is -2.12. The Bertz CT molecular complexity index is 1120. The van der Waals surface area contributed by atoms with Gasteiger partial charge in [0.15, 0.2) is 11.7 Å². The molecule has 1 N–H and O–H groups in total. The van der Waals surface area contributed by atoms with E-state index in [2.05, 4.69) is 6.58 Å². The van der Waals surface area contributed by atoms with Crippen molar-refractivity contribution in [3.05, 3.63) is 36.0 Å². The van der Waals surface area contributed by atoms with Crippen LogP contribution in [-0.4, -0.2) is 71.6 Å². The molecule has 0 unspecified atom stereocenters. The zero-order chi connectivity index (χ0) is 29.3. The molecule has 2 aliphatic carbocycles. The molecule has 1 aliphatic heterocycles. The standard InChI is InChI=1S/C28H36O11/c1-14-8-10-21(36-17(4)30)27(7)22(37-18(5)31)11-9-20(13-35-16(3)29)12-23-28(34,15(2)26(33)39-23)25(24(14)27)38-19(6)32/h9,11-12,15,21-25,34H,1,8,10,13H2,2-7H3/b11-9-,20-12+/t15-,21-,22-,23-,24+,25-,27+,28-/m0/s1. The first-order valence-electron chi connectivity index (χ1n) is 12.8. The van der Waals surface area contributed by atoms with Crippen LogP contribution in [0.2, 0.25) is 0 Å². The van der Waals surface area contributed by atoms with E-state index in [-0.39, 0.29) is 6.61 Å². The summed E-state index contributed by atoms with van der Waals surface area (Å²) >= 11 is 0. The van der Waals surface area contributed by atoms with Crippen LogP contribution in [0.1, 0.15) is 54.4 Å². The summed E-state index contributed by atoms with van der Waals surface area (Å²) in [6.07, 6.45) is 0.445. The number of carbonyl (C=O) groups is 5. The third-order valence-corrected chi connectivity index (χ3v) is 7.84. The Labute approximate surface area is 227 Å². The monoisotopic (exact) mass is 548 g/mol. The first kappa shape index (κ1) is 30.1. The molecule has 0 aromatic carbocycles. The minimum absolute atomic E-state index is 0.254. The fourth-order valence-electron chi connectivity index (χ4n) is 5.95. The van der Waals surface area contributed by atoms with Crippen LogP contribution in [0.15, 0.2) is 36.0 Å². The van der Waals surface area contributed by atoms with Crippen molar-refractivity contribution in [1.29, 1.82) is 0 Å². The lowest BCUT2D eigenvalue weighted by molar-refractivity contribution is -0.214. The van der Waals surface area contributed by atoms with Crippen LogP contribution < -0.4 is 0 Å². The number of rotatable bonds is 5. The number of hydrogen-bond donors (Lipinski definition) is 1. The maximum Gasteiger partial charge on any atom is 0.312 e. The smallest absolute Gasteiger partial charge is 0.312 e. The fourth-order valence-corrected chi connectivity index (χ4v) is 5.95. The molecule has 214 valence electrons. The zero-order valence-corrected chi connectivity index (χ0v) is 23.1. The van der Waals surface area contributed by atoms with Crippen LogP contribution in [0.25, 0.3) is 0 Å². The number of carbonyl (C=O) groups excluding carboxylic acids is 5. The highest BCUT2D eigenvalue weighted by Gasteiger charge is 2.67. The first-order valence-corrected chi connectivity index (χ1v) is 12.8. The van der Waals surface area contributed by atoms with Crippen molar-refractivity contribution in [3.63, 3.8) is 0 Å². The van der Waals surface area contributed by atoms with Crippen LogP contribution in [-0.2, 0) is 47.7 Å². The van der Waals surface area contributed by atoms with E-state index in [0.717, 1.165) is 6.92 Å². The molecule has 2 fully saturated rings. The summed E-state index contributed by atoms with van der Waals surface area (Å²) in [4.78, 5) is 61.4. The van der Waals surface area contributed by atoms with E-state index in [4.69, 9.17) is 23.7 Å². The molecule has 0 radical (unpaired) electrons. The topological polar surface area (TPSA) is 152 Å².